The first-order valence-corrected chi connectivity index (χ1v) is 11.1. The Morgan fingerprint density at radius 3 is 2.82 bits per heavy atom. The summed E-state index contributed by atoms with van der Waals surface area (Å²) in [5, 5.41) is 11.4. The summed E-state index contributed by atoms with van der Waals surface area (Å²) in [5.74, 6) is 0.152. The molecule has 2 N–H and O–H groups in total. The maximum absolute atomic E-state index is 12.6. The number of fused-ring (bicyclic) bond motifs is 1. The average molecular weight is 390 g/mol. The van der Waals surface area contributed by atoms with E-state index in [2.05, 4.69) is 26.3 Å². The molecule has 0 aromatic carbocycles. The Morgan fingerprint density at radius 2 is 2.00 bits per heavy atom. The lowest BCUT2D eigenvalue weighted by Gasteiger charge is -2.48. The summed E-state index contributed by atoms with van der Waals surface area (Å²) in [6.07, 6.45) is 8.57. The van der Waals surface area contributed by atoms with E-state index in [-0.39, 0.29) is 11.4 Å². The molecule has 0 spiro atoms. The number of ether oxygens (including phenoxy) is 1. The van der Waals surface area contributed by atoms with E-state index in [1.165, 1.54) is 37.8 Å². The summed E-state index contributed by atoms with van der Waals surface area (Å²) in [4.78, 5) is 15.2. The van der Waals surface area contributed by atoms with Crippen LogP contribution >= 0.6 is 0 Å². The molecule has 0 bridgehead atoms. The van der Waals surface area contributed by atoms with E-state index >= 15 is 0 Å². The molecule has 2 fully saturated rings. The second-order valence-electron chi connectivity index (χ2n) is 8.54. The monoisotopic (exact) mass is 389 g/mol. The van der Waals surface area contributed by atoms with Crippen molar-refractivity contribution in [2.45, 2.75) is 70.0 Å². The lowest BCUT2D eigenvalue weighted by atomic mass is 9.79. The zero-order valence-electron chi connectivity index (χ0n) is 17.0. The van der Waals surface area contributed by atoms with Gasteiger partial charge in [0.25, 0.3) is 0 Å². The van der Waals surface area contributed by atoms with Crippen molar-refractivity contribution in [2.75, 3.05) is 39.4 Å². The van der Waals surface area contributed by atoms with Crippen molar-refractivity contribution in [3.05, 3.63) is 17.5 Å². The molecule has 3 heterocycles. The Balaban J connectivity index is 1.29. The second kappa shape index (κ2) is 9.37. The summed E-state index contributed by atoms with van der Waals surface area (Å²) in [6, 6.07) is 2.15. The number of nitrogens with zero attached hydrogens (tertiary/aromatic N) is 3. The van der Waals surface area contributed by atoms with Gasteiger partial charge in [-0.25, -0.2) is 0 Å². The molecule has 3 aliphatic rings. The maximum atomic E-state index is 12.6. The van der Waals surface area contributed by atoms with Crippen LogP contribution < -0.4 is 10.6 Å². The van der Waals surface area contributed by atoms with Gasteiger partial charge in [-0.2, -0.15) is 5.10 Å². The van der Waals surface area contributed by atoms with Crippen molar-refractivity contribution >= 4 is 5.91 Å². The molecule has 1 aromatic rings. The highest BCUT2D eigenvalue weighted by Crippen LogP contribution is 2.33. The van der Waals surface area contributed by atoms with Gasteiger partial charge in [-0.15, -0.1) is 0 Å². The third kappa shape index (κ3) is 4.75. The fourth-order valence-corrected chi connectivity index (χ4v) is 4.99. The van der Waals surface area contributed by atoms with Gasteiger partial charge in [0.15, 0.2) is 0 Å². The summed E-state index contributed by atoms with van der Waals surface area (Å²) < 4.78 is 7.65. The van der Waals surface area contributed by atoms with Gasteiger partial charge >= 0.3 is 0 Å². The molecule has 7 nitrogen and oxygen atoms in total. The van der Waals surface area contributed by atoms with Gasteiger partial charge in [-0.1, -0.05) is 19.3 Å². The molecule has 7 heteroatoms. The van der Waals surface area contributed by atoms with Gasteiger partial charge in [0.1, 0.15) is 0 Å². The Hall–Kier alpha value is -1.44. The molecule has 1 amide bonds. The van der Waals surface area contributed by atoms with Gasteiger partial charge in [-0.3, -0.25) is 14.4 Å². The van der Waals surface area contributed by atoms with E-state index < -0.39 is 0 Å². The predicted molar refractivity (Wildman–Crippen MR) is 108 cm³/mol. The summed E-state index contributed by atoms with van der Waals surface area (Å²) in [7, 11) is 0. The largest absolute Gasteiger partial charge is 0.379 e. The number of aryl methyl sites for hydroxylation is 2. The summed E-state index contributed by atoms with van der Waals surface area (Å²) >= 11 is 0. The molecule has 0 atom stereocenters. The molecule has 1 aliphatic carbocycles. The van der Waals surface area contributed by atoms with Crippen LogP contribution in [0, 0.1) is 0 Å². The summed E-state index contributed by atoms with van der Waals surface area (Å²) in [6.45, 7) is 7.28. The Bertz CT molecular complexity index is 624. The van der Waals surface area contributed by atoms with E-state index in [1.807, 2.05) is 0 Å². The minimum Gasteiger partial charge on any atom is -0.379 e. The lowest BCUT2D eigenvalue weighted by Crippen LogP contribution is -2.59. The third-order valence-electron chi connectivity index (χ3n) is 6.63. The molecule has 2 aliphatic heterocycles. The Labute approximate surface area is 168 Å². The maximum Gasteiger partial charge on any atom is 0.220 e. The first kappa shape index (κ1) is 19.9. The zero-order chi connectivity index (χ0) is 19.2. The molecular formula is C21H35N5O2. The van der Waals surface area contributed by atoms with Crippen LogP contribution in [0.3, 0.4) is 0 Å². The van der Waals surface area contributed by atoms with E-state index in [4.69, 9.17) is 9.84 Å². The van der Waals surface area contributed by atoms with Crippen LogP contribution in [0.1, 0.15) is 56.3 Å². The van der Waals surface area contributed by atoms with Crippen molar-refractivity contribution in [3.63, 3.8) is 0 Å². The first-order chi connectivity index (χ1) is 13.8. The number of hydrogen-bond acceptors (Lipinski definition) is 5. The van der Waals surface area contributed by atoms with Crippen molar-refractivity contribution < 1.29 is 9.53 Å². The molecule has 1 aromatic heterocycles. The standard InChI is InChI=1S/C21H35N5O2/c27-20(6-5-18-15-19-16-22-9-4-10-26(19)24-18)23-17-21(7-2-1-3-8-21)25-11-13-28-14-12-25/h15,22H,1-14,16-17H2,(H,23,27). The molecular weight excluding hydrogens is 354 g/mol. The highest BCUT2D eigenvalue weighted by Gasteiger charge is 2.38. The lowest BCUT2D eigenvalue weighted by molar-refractivity contribution is -0.122. The second-order valence-corrected chi connectivity index (χ2v) is 8.54. The van der Waals surface area contributed by atoms with Gasteiger partial charge < -0.3 is 15.4 Å². The van der Waals surface area contributed by atoms with Crippen molar-refractivity contribution in [1.29, 1.82) is 0 Å². The van der Waals surface area contributed by atoms with Gasteiger partial charge in [0.2, 0.25) is 5.91 Å². The van der Waals surface area contributed by atoms with Crippen LogP contribution in [-0.4, -0.2) is 65.5 Å². The van der Waals surface area contributed by atoms with Gasteiger partial charge in [0.05, 0.1) is 24.6 Å². The van der Waals surface area contributed by atoms with Crippen molar-refractivity contribution in [1.82, 2.24) is 25.3 Å². The zero-order valence-corrected chi connectivity index (χ0v) is 17.0. The van der Waals surface area contributed by atoms with Crippen LogP contribution in [0.2, 0.25) is 0 Å². The number of aromatic nitrogens is 2. The van der Waals surface area contributed by atoms with Crippen LogP contribution in [0.15, 0.2) is 6.07 Å². The molecule has 0 radical (unpaired) electrons. The van der Waals surface area contributed by atoms with E-state index in [0.29, 0.717) is 6.42 Å². The van der Waals surface area contributed by atoms with Gasteiger partial charge in [0, 0.05) is 51.1 Å². The number of amides is 1. The SMILES string of the molecule is O=C(CCc1cc2n(n1)CCCNC2)NCC1(N2CCOCC2)CCCCC1. The number of morpholine rings is 1. The van der Waals surface area contributed by atoms with E-state index in [9.17, 15) is 4.79 Å². The Morgan fingerprint density at radius 1 is 1.18 bits per heavy atom. The van der Waals surface area contributed by atoms with Crippen LogP contribution in [-0.2, 0) is 29.0 Å². The van der Waals surface area contributed by atoms with Crippen molar-refractivity contribution in [2.24, 2.45) is 0 Å². The van der Waals surface area contributed by atoms with Crippen LogP contribution in [0.25, 0.3) is 0 Å². The fraction of sp³-hybridized carbons (Fsp3) is 0.810. The van der Waals surface area contributed by atoms with Crippen LogP contribution in [0.4, 0.5) is 0 Å². The number of carbonyl (C=O) groups is 1. The topological polar surface area (TPSA) is 71.4 Å². The molecule has 28 heavy (non-hydrogen) atoms. The number of hydrogen-bond donors (Lipinski definition) is 2. The predicted octanol–water partition coefficient (Wildman–Crippen LogP) is 1.46. The number of carbonyl (C=O) groups excluding carboxylic acids is 1. The highest BCUT2D eigenvalue weighted by atomic mass is 16.5. The highest BCUT2D eigenvalue weighted by molar-refractivity contribution is 5.76. The molecule has 1 saturated carbocycles. The molecule has 1 saturated heterocycles. The smallest absolute Gasteiger partial charge is 0.220 e. The fourth-order valence-electron chi connectivity index (χ4n) is 4.99. The molecule has 0 unspecified atom stereocenters. The normalized spacial score (nSPS) is 23.0. The minimum atomic E-state index is 0.134. The quantitative estimate of drug-likeness (QED) is 0.771. The molecule has 4 rings (SSSR count). The number of nitrogens with one attached hydrogen (secondary N) is 2. The van der Waals surface area contributed by atoms with E-state index in [0.717, 1.165) is 71.0 Å². The van der Waals surface area contributed by atoms with Crippen molar-refractivity contribution in [3.8, 4) is 0 Å². The molecule has 156 valence electrons. The summed E-state index contributed by atoms with van der Waals surface area (Å²) in [5.41, 5.74) is 2.41. The minimum absolute atomic E-state index is 0.134. The van der Waals surface area contributed by atoms with Gasteiger partial charge in [-0.05, 0) is 31.9 Å². The number of rotatable bonds is 6. The third-order valence-corrected chi connectivity index (χ3v) is 6.63. The van der Waals surface area contributed by atoms with E-state index in [1.54, 1.807) is 0 Å². The van der Waals surface area contributed by atoms with Crippen LogP contribution in [0.5, 0.6) is 0 Å². The Kier molecular flexibility index (Phi) is 6.65. The first-order valence-electron chi connectivity index (χ1n) is 11.1. The average Bonchev–Trinajstić information content (AvgIpc) is 3.01.